The Morgan fingerprint density at radius 1 is 1.33 bits per heavy atom. The van der Waals surface area contributed by atoms with Crippen LogP contribution >= 0.6 is 0 Å². The minimum atomic E-state index is -1.69. The van der Waals surface area contributed by atoms with Crippen molar-refractivity contribution in [2.24, 2.45) is 0 Å². The van der Waals surface area contributed by atoms with Gasteiger partial charge in [0.2, 0.25) is 5.91 Å². The Bertz CT molecular complexity index is 459. The van der Waals surface area contributed by atoms with Gasteiger partial charge in [-0.1, -0.05) is 30.8 Å². The molecule has 18 heavy (non-hydrogen) atoms. The van der Waals surface area contributed by atoms with Gasteiger partial charge in [0.15, 0.2) is 5.78 Å². The molecular formula is C12H14BNO4. The lowest BCUT2D eigenvalue weighted by molar-refractivity contribution is -0.116. The predicted molar refractivity (Wildman–Crippen MR) is 68.4 cm³/mol. The van der Waals surface area contributed by atoms with E-state index in [0.717, 1.165) is 6.08 Å². The Morgan fingerprint density at radius 3 is 2.61 bits per heavy atom. The Morgan fingerprint density at radius 2 is 2.00 bits per heavy atom. The van der Waals surface area contributed by atoms with Gasteiger partial charge in [0.25, 0.3) is 0 Å². The smallest absolute Gasteiger partial charge is 0.423 e. The molecule has 0 heterocycles. The van der Waals surface area contributed by atoms with Crippen LogP contribution in [-0.2, 0) is 4.79 Å². The van der Waals surface area contributed by atoms with E-state index in [1.807, 2.05) is 0 Å². The van der Waals surface area contributed by atoms with Crippen LogP contribution in [0, 0.1) is 0 Å². The van der Waals surface area contributed by atoms with Gasteiger partial charge in [0, 0.05) is 18.5 Å². The van der Waals surface area contributed by atoms with E-state index < -0.39 is 7.12 Å². The number of ketones is 1. The molecule has 0 unspecified atom stereocenters. The maximum atomic E-state index is 11.8. The molecular weight excluding hydrogens is 233 g/mol. The zero-order chi connectivity index (χ0) is 13.5. The minimum absolute atomic E-state index is 0.0866. The fraction of sp³-hybridized carbons (Fsp3) is 0.167. The summed E-state index contributed by atoms with van der Waals surface area (Å²) in [5.41, 5.74) is 0.415. The number of Topliss-reactive ketones (excluding diaryl/α,β-unsaturated/α-hetero) is 1. The van der Waals surface area contributed by atoms with Gasteiger partial charge in [-0.3, -0.25) is 9.59 Å². The van der Waals surface area contributed by atoms with Crippen molar-refractivity contribution in [3.05, 3.63) is 42.5 Å². The zero-order valence-corrected chi connectivity index (χ0v) is 9.80. The van der Waals surface area contributed by atoms with Crippen molar-refractivity contribution in [2.75, 3.05) is 6.54 Å². The van der Waals surface area contributed by atoms with Gasteiger partial charge in [0.05, 0.1) is 0 Å². The highest BCUT2D eigenvalue weighted by atomic mass is 16.4. The minimum Gasteiger partial charge on any atom is -0.423 e. The summed E-state index contributed by atoms with van der Waals surface area (Å²) in [6.07, 6.45) is 1.21. The summed E-state index contributed by atoms with van der Waals surface area (Å²) in [6, 6.07) is 6.25. The number of benzene rings is 1. The Balaban J connectivity index is 2.67. The molecule has 0 saturated heterocycles. The fourth-order valence-corrected chi connectivity index (χ4v) is 1.48. The summed E-state index contributed by atoms with van der Waals surface area (Å²) in [6.45, 7) is 3.47. The van der Waals surface area contributed by atoms with E-state index >= 15 is 0 Å². The van der Waals surface area contributed by atoms with Crippen LogP contribution in [0.1, 0.15) is 16.8 Å². The Labute approximate surface area is 105 Å². The second kappa shape index (κ2) is 6.73. The molecule has 0 radical (unpaired) electrons. The molecule has 3 N–H and O–H groups in total. The molecule has 1 aromatic carbocycles. The third kappa shape index (κ3) is 3.83. The van der Waals surface area contributed by atoms with Gasteiger partial charge in [-0.25, -0.2) is 0 Å². The van der Waals surface area contributed by atoms with E-state index in [9.17, 15) is 9.59 Å². The van der Waals surface area contributed by atoms with Crippen LogP contribution in [0.25, 0.3) is 0 Å². The van der Waals surface area contributed by atoms with Crippen LogP contribution in [0.3, 0.4) is 0 Å². The Hall–Kier alpha value is -1.92. The molecule has 0 saturated carbocycles. The lowest BCUT2D eigenvalue weighted by atomic mass is 9.76. The molecule has 0 aromatic heterocycles. The molecule has 0 aliphatic heterocycles. The maximum Gasteiger partial charge on any atom is 0.489 e. The van der Waals surface area contributed by atoms with E-state index in [0.29, 0.717) is 0 Å². The van der Waals surface area contributed by atoms with Crippen molar-refractivity contribution in [3.63, 3.8) is 0 Å². The quantitative estimate of drug-likeness (QED) is 0.350. The molecule has 1 amide bonds. The third-order valence-electron chi connectivity index (χ3n) is 2.38. The third-order valence-corrected chi connectivity index (χ3v) is 2.38. The van der Waals surface area contributed by atoms with Gasteiger partial charge in [-0.15, -0.1) is 0 Å². The summed E-state index contributed by atoms with van der Waals surface area (Å²) in [4.78, 5) is 22.7. The number of amides is 1. The second-order valence-electron chi connectivity index (χ2n) is 3.63. The van der Waals surface area contributed by atoms with Crippen LogP contribution in [0.5, 0.6) is 0 Å². The first-order valence-corrected chi connectivity index (χ1v) is 5.44. The van der Waals surface area contributed by atoms with Crippen molar-refractivity contribution >= 4 is 24.3 Å². The topological polar surface area (TPSA) is 86.6 Å². The fourth-order valence-electron chi connectivity index (χ4n) is 1.48. The molecule has 0 bridgehead atoms. The lowest BCUT2D eigenvalue weighted by Gasteiger charge is -2.07. The predicted octanol–water partition coefficient (Wildman–Crippen LogP) is -0.759. The van der Waals surface area contributed by atoms with Crippen molar-refractivity contribution < 1.29 is 19.6 Å². The number of rotatable bonds is 6. The SMILES string of the molecule is C=CC(=O)NCCC(=O)c1ccccc1B(O)O. The van der Waals surface area contributed by atoms with Crippen molar-refractivity contribution in [1.82, 2.24) is 5.32 Å². The zero-order valence-electron chi connectivity index (χ0n) is 9.80. The number of hydrogen-bond acceptors (Lipinski definition) is 4. The summed E-state index contributed by atoms with van der Waals surface area (Å²) in [5, 5.41) is 20.7. The van der Waals surface area contributed by atoms with Gasteiger partial charge in [-0.05, 0) is 11.5 Å². The van der Waals surface area contributed by atoms with Crippen molar-refractivity contribution in [3.8, 4) is 0 Å². The molecule has 0 aliphatic rings. The largest absolute Gasteiger partial charge is 0.489 e. The van der Waals surface area contributed by atoms with E-state index in [-0.39, 0.29) is 35.7 Å². The average molecular weight is 247 g/mol. The molecule has 0 fully saturated rings. The average Bonchev–Trinajstić information content (AvgIpc) is 2.38. The summed E-state index contributed by atoms with van der Waals surface area (Å²) < 4.78 is 0. The first-order chi connectivity index (χ1) is 8.56. The van der Waals surface area contributed by atoms with Crippen LogP contribution in [0.4, 0.5) is 0 Å². The normalized spacial score (nSPS) is 9.67. The first-order valence-electron chi connectivity index (χ1n) is 5.44. The number of carbonyl (C=O) groups is 2. The first kappa shape index (κ1) is 14.1. The summed E-state index contributed by atoms with van der Waals surface area (Å²) in [5.74, 6) is -0.610. The monoisotopic (exact) mass is 247 g/mol. The Kier molecular flexibility index (Phi) is 5.29. The molecule has 0 aliphatic carbocycles. The molecule has 1 aromatic rings. The van der Waals surface area contributed by atoms with E-state index in [4.69, 9.17) is 10.0 Å². The highest BCUT2D eigenvalue weighted by molar-refractivity contribution is 6.60. The molecule has 0 spiro atoms. The van der Waals surface area contributed by atoms with Crippen LogP contribution in [-0.4, -0.2) is 35.4 Å². The lowest BCUT2D eigenvalue weighted by Crippen LogP contribution is -2.35. The van der Waals surface area contributed by atoms with Crippen LogP contribution in [0.2, 0.25) is 0 Å². The maximum absolute atomic E-state index is 11.8. The molecule has 6 heteroatoms. The van der Waals surface area contributed by atoms with Gasteiger partial charge >= 0.3 is 7.12 Å². The standard InChI is InChI=1S/C12H14BNO4/c1-2-12(16)14-8-7-11(15)9-5-3-4-6-10(9)13(17)18/h2-6,17-18H,1,7-8H2,(H,14,16). The highest BCUT2D eigenvalue weighted by Crippen LogP contribution is 2.01. The number of carbonyl (C=O) groups excluding carboxylic acids is 2. The van der Waals surface area contributed by atoms with E-state index in [1.165, 1.54) is 12.1 Å². The second-order valence-corrected chi connectivity index (χ2v) is 3.63. The highest BCUT2D eigenvalue weighted by Gasteiger charge is 2.19. The van der Waals surface area contributed by atoms with Crippen molar-refractivity contribution in [1.29, 1.82) is 0 Å². The van der Waals surface area contributed by atoms with E-state index in [1.54, 1.807) is 12.1 Å². The number of hydrogen-bond donors (Lipinski definition) is 3. The van der Waals surface area contributed by atoms with Crippen LogP contribution in [0.15, 0.2) is 36.9 Å². The summed E-state index contributed by atoms with van der Waals surface area (Å²) in [7, 11) is -1.69. The van der Waals surface area contributed by atoms with E-state index in [2.05, 4.69) is 11.9 Å². The van der Waals surface area contributed by atoms with Crippen molar-refractivity contribution in [2.45, 2.75) is 6.42 Å². The van der Waals surface area contributed by atoms with Gasteiger partial charge < -0.3 is 15.4 Å². The summed E-state index contributed by atoms with van der Waals surface area (Å²) >= 11 is 0. The molecule has 94 valence electrons. The molecule has 1 rings (SSSR count). The molecule has 0 atom stereocenters. The van der Waals surface area contributed by atoms with Gasteiger partial charge in [0.1, 0.15) is 0 Å². The van der Waals surface area contributed by atoms with Crippen LogP contribution < -0.4 is 10.8 Å². The van der Waals surface area contributed by atoms with Gasteiger partial charge in [-0.2, -0.15) is 0 Å². The molecule has 5 nitrogen and oxygen atoms in total. The number of nitrogens with one attached hydrogen (secondary N) is 1.